The van der Waals surface area contributed by atoms with Gasteiger partial charge in [0, 0.05) is 7.05 Å². The molecule has 5 nitrogen and oxygen atoms in total. The Morgan fingerprint density at radius 1 is 1.13 bits per heavy atom. The third-order valence-electron chi connectivity index (χ3n) is 4.55. The van der Waals surface area contributed by atoms with E-state index >= 15 is 0 Å². The summed E-state index contributed by atoms with van der Waals surface area (Å²) in [6, 6.07) is 12.0. The zero-order valence-electron chi connectivity index (χ0n) is 17.0. The fourth-order valence-electron chi connectivity index (χ4n) is 2.74. The molecule has 30 heavy (non-hydrogen) atoms. The molecule has 0 aliphatic carbocycles. The Kier molecular flexibility index (Phi) is 6.29. The van der Waals surface area contributed by atoms with Crippen LogP contribution in [0.4, 0.5) is 10.1 Å². The Labute approximate surface area is 184 Å². The number of halogens is 3. The number of hydrazone groups is 1. The summed E-state index contributed by atoms with van der Waals surface area (Å²) >= 11 is 12.1. The molecule has 0 N–H and O–H groups in total. The van der Waals surface area contributed by atoms with E-state index in [9.17, 15) is 9.18 Å². The summed E-state index contributed by atoms with van der Waals surface area (Å²) in [5.74, 6) is -0.583. The lowest BCUT2D eigenvalue weighted by atomic mass is 9.87. The molecule has 0 atom stereocenters. The molecule has 0 radical (unpaired) electrons. The summed E-state index contributed by atoms with van der Waals surface area (Å²) in [4.78, 5) is 12.6. The summed E-state index contributed by atoms with van der Waals surface area (Å²) in [6.07, 6.45) is 3.09. The molecule has 0 amide bonds. The highest BCUT2D eigenvalue weighted by molar-refractivity contribution is 6.33. The van der Waals surface area contributed by atoms with E-state index in [2.05, 4.69) is 43.1 Å². The molecule has 8 heteroatoms. The summed E-state index contributed by atoms with van der Waals surface area (Å²) in [6.45, 7) is 6.46. The van der Waals surface area contributed by atoms with Crippen molar-refractivity contribution in [1.29, 1.82) is 0 Å². The number of hydrogen-bond donors (Lipinski definition) is 0. The predicted molar refractivity (Wildman–Crippen MR) is 121 cm³/mol. The van der Waals surface area contributed by atoms with Crippen LogP contribution in [-0.4, -0.2) is 23.0 Å². The van der Waals surface area contributed by atoms with Gasteiger partial charge in [-0.15, -0.1) is 0 Å². The number of anilines is 1. The van der Waals surface area contributed by atoms with E-state index in [1.54, 1.807) is 13.3 Å². The van der Waals surface area contributed by atoms with Gasteiger partial charge in [0.25, 0.3) is 5.56 Å². The average molecular weight is 447 g/mol. The summed E-state index contributed by atoms with van der Waals surface area (Å²) in [7, 11) is 1.67. The molecule has 3 rings (SSSR count). The van der Waals surface area contributed by atoms with Crippen LogP contribution >= 0.6 is 23.2 Å². The first-order valence-electron chi connectivity index (χ1n) is 9.19. The molecule has 0 aliphatic rings. The van der Waals surface area contributed by atoms with Crippen molar-refractivity contribution in [2.45, 2.75) is 26.2 Å². The maximum absolute atomic E-state index is 13.4. The lowest BCUT2D eigenvalue weighted by Gasteiger charge is -2.19. The number of aromatic nitrogens is 2. The molecule has 0 aliphatic heterocycles. The minimum absolute atomic E-state index is 0.0619. The lowest BCUT2D eigenvalue weighted by molar-refractivity contribution is 0.590. The molecule has 3 aromatic rings. The molecule has 2 aromatic carbocycles. The molecular weight excluding hydrogens is 426 g/mol. The van der Waals surface area contributed by atoms with Crippen LogP contribution in [0.2, 0.25) is 10.0 Å². The first-order chi connectivity index (χ1) is 14.1. The van der Waals surface area contributed by atoms with Gasteiger partial charge in [-0.2, -0.15) is 14.9 Å². The molecule has 0 unspecified atom stereocenters. The van der Waals surface area contributed by atoms with Crippen molar-refractivity contribution in [3.8, 4) is 5.69 Å². The van der Waals surface area contributed by atoms with Gasteiger partial charge >= 0.3 is 0 Å². The van der Waals surface area contributed by atoms with E-state index < -0.39 is 11.4 Å². The molecule has 0 spiro atoms. The van der Waals surface area contributed by atoms with E-state index in [4.69, 9.17) is 23.2 Å². The average Bonchev–Trinajstić information content (AvgIpc) is 2.70. The molecular formula is C22H21Cl2FN4O. The van der Waals surface area contributed by atoms with Crippen LogP contribution in [0, 0.1) is 5.82 Å². The second kappa shape index (κ2) is 8.58. The minimum atomic E-state index is -0.583. The van der Waals surface area contributed by atoms with Crippen LogP contribution in [0.15, 0.2) is 58.6 Å². The molecule has 0 fully saturated rings. The van der Waals surface area contributed by atoms with E-state index in [1.165, 1.54) is 28.9 Å². The first-order valence-corrected chi connectivity index (χ1v) is 9.95. The smallest absolute Gasteiger partial charge is 0.266 e. The van der Waals surface area contributed by atoms with Gasteiger partial charge in [-0.1, -0.05) is 68.2 Å². The van der Waals surface area contributed by atoms with Gasteiger partial charge in [-0.3, -0.25) is 9.80 Å². The first kappa shape index (κ1) is 22.0. The van der Waals surface area contributed by atoms with Crippen molar-refractivity contribution in [3.63, 3.8) is 0 Å². The van der Waals surface area contributed by atoms with Crippen molar-refractivity contribution in [2.75, 3.05) is 12.1 Å². The van der Waals surface area contributed by atoms with Crippen molar-refractivity contribution in [2.24, 2.45) is 5.10 Å². The zero-order valence-corrected chi connectivity index (χ0v) is 18.5. The third-order valence-corrected chi connectivity index (χ3v) is 5.20. The van der Waals surface area contributed by atoms with Gasteiger partial charge in [-0.05, 0) is 34.7 Å². The summed E-state index contributed by atoms with van der Waals surface area (Å²) < 4.78 is 14.4. The standard InChI is InChI=1S/C22H21Cl2FN4O/c1-22(2,3)15-7-5-14(6-8-15)12-26-28(4)19-13-27-29(21(30)20(19)24)16-9-10-18(25)17(23)11-16/h5-13H,1-4H3. The van der Waals surface area contributed by atoms with Crippen LogP contribution < -0.4 is 10.6 Å². The van der Waals surface area contributed by atoms with E-state index in [0.717, 1.165) is 16.3 Å². The van der Waals surface area contributed by atoms with Gasteiger partial charge in [0.05, 0.1) is 23.1 Å². The van der Waals surface area contributed by atoms with Crippen molar-refractivity contribution in [3.05, 3.63) is 86.0 Å². The summed E-state index contributed by atoms with van der Waals surface area (Å²) in [5, 5.41) is 9.77. The highest BCUT2D eigenvalue weighted by atomic mass is 35.5. The van der Waals surface area contributed by atoms with Crippen LogP contribution in [0.3, 0.4) is 0 Å². The number of rotatable bonds is 4. The Bertz CT molecular complexity index is 1150. The van der Waals surface area contributed by atoms with Gasteiger partial charge in [0.15, 0.2) is 0 Å². The molecule has 0 saturated carbocycles. The maximum Gasteiger partial charge on any atom is 0.292 e. The third kappa shape index (κ3) is 4.71. The van der Waals surface area contributed by atoms with Gasteiger partial charge in [0.2, 0.25) is 0 Å². The maximum atomic E-state index is 13.4. The second-order valence-corrected chi connectivity index (χ2v) is 8.58. The van der Waals surface area contributed by atoms with Crippen LogP contribution in [-0.2, 0) is 5.41 Å². The fourth-order valence-corrected chi connectivity index (χ4v) is 3.16. The van der Waals surface area contributed by atoms with Gasteiger partial charge in [-0.25, -0.2) is 4.39 Å². The van der Waals surface area contributed by atoms with Crippen molar-refractivity contribution < 1.29 is 4.39 Å². The predicted octanol–water partition coefficient (Wildman–Crippen LogP) is 5.45. The van der Waals surface area contributed by atoms with Gasteiger partial charge in [0.1, 0.15) is 16.5 Å². The monoisotopic (exact) mass is 446 g/mol. The lowest BCUT2D eigenvalue weighted by Crippen LogP contribution is -2.24. The Balaban J connectivity index is 1.85. The minimum Gasteiger partial charge on any atom is -0.266 e. The van der Waals surface area contributed by atoms with Crippen molar-refractivity contribution >= 4 is 35.1 Å². The van der Waals surface area contributed by atoms with E-state index in [-0.39, 0.29) is 15.5 Å². The molecule has 156 valence electrons. The number of hydrogen-bond acceptors (Lipinski definition) is 4. The Morgan fingerprint density at radius 3 is 2.40 bits per heavy atom. The topological polar surface area (TPSA) is 50.5 Å². The van der Waals surface area contributed by atoms with Gasteiger partial charge < -0.3 is 0 Å². The SMILES string of the molecule is CN(N=Cc1ccc(C(C)(C)C)cc1)c1cnn(-c2ccc(F)c(Cl)c2)c(=O)c1Cl. The van der Waals surface area contributed by atoms with Crippen molar-refractivity contribution in [1.82, 2.24) is 9.78 Å². The van der Waals surface area contributed by atoms with Crippen LogP contribution in [0.25, 0.3) is 5.69 Å². The molecule has 1 aromatic heterocycles. The van der Waals surface area contributed by atoms with E-state index in [0.29, 0.717) is 11.4 Å². The van der Waals surface area contributed by atoms with Crippen LogP contribution in [0.5, 0.6) is 0 Å². The normalized spacial score (nSPS) is 11.8. The quantitative estimate of drug-likeness (QED) is 0.395. The molecule has 0 bridgehead atoms. The highest BCUT2D eigenvalue weighted by Gasteiger charge is 2.15. The highest BCUT2D eigenvalue weighted by Crippen LogP contribution is 2.23. The molecule has 1 heterocycles. The fraction of sp³-hybridized carbons (Fsp3) is 0.227. The second-order valence-electron chi connectivity index (χ2n) is 7.80. The zero-order chi connectivity index (χ0) is 22.1. The number of benzene rings is 2. The Morgan fingerprint density at radius 2 is 1.80 bits per heavy atom. The summed E-state index contributed by atoms with van der Waals surface area (Å²) in [5.41, 5.74) is 2.30. The molecule has 0 saturated heterocycles. The van der Waals surface area contributed by atoms with Crippen LogP contribution in [0.1, 0.15) is 31.9 Å². The Hall–Kier alpha value is -2.70. The largest absolute Gasteiger partial charge is 0.292 e. The van der Waals surface area contributed by atoms with E-state index in [1.807, 2.05) is 12.1 Å². The number of nitrogens with zero attached hydrogens (tertiary/aromatic N) is 4.